The van der Waals surface area contributed by atoms with Crippen LogP contribution in [-0.4, -0.2) is 22.0 Å². The van der Waals surface area contributed by atoms with Gasteiger partial charge in [0.1, 0.15) is 12.7 Å². The summed E-state index contributed by atoms with van der Waals surface area (Å²) in [6.45, 7) is 3.23. The molecule has 0 radical (unpaired) electrons. The van der Waals surface area contributed by atoms with Crippen molar-refractivity contribution in [1.82, 2.24) is 0 Å². The minimum Gasteiger partial charge on any atom is -0.457 e. The third-order valence-corrected chi connectivity index (χ3v) is 3.32. The molecule has 1 N–H and O–H groups in total. The van der Waals surface area contributed by atoms with Gasteiger partial charge in [-0.2, -0.15) is 0 Å². The normalized spacial score (nSPS) is 16.9. The second-order valence-corrected chi connectivity index (χ2v) is 4.35. The molecule has 0 saturated carbocycles. The third kappa shape index (κ3) is 1.84. The van der Waals surface area contributed by atoms with Gasteiger partial charge in [-0.15, -0.1) is 0 Å². The SMILES string of the molecule is Cc1c(C(O)C(C)[N+](=O)[O-])ccc2c1COC2=O. The highest BCUT2D eigenvalue weighted by atomic mass is 16.6. The highest BCUT2D eigenvalue weighted by Crippen LogP contribution is 2.30. The number of hydrogen-bond acceptors (Lipinski definition) is 5. The van der Waals surface area contributed by atoms with Crippen LogP contribution >= 0.6 is 0 Å². The van der Waals surface area contributed by atoms with Crippen molar-refractivity contribution in [1.29, 1.82) is 0 Å². The lowest BCUT2D eigenvalue weighted by molar-refractivity contribution is -0.531. The molecule has 1 aromatic carbocycles. The molecule has 2 rings (SSSR count). The monoisotopic (exact) mass is 251 g/mol. The first-order valence-corrected chi connectivity index (χ1v) is 5.54. The number of cyclic esters (lactones) is 1. The number of fused-ring (bicyclic) bond motifs is 1. The van der Waals surface area contributed by atoms with E-state index in [0.717, 1.165) is 0 Å². The molecular weight excluding hydrogens is 238 g/mol. The molecule has 6 nitrogen and oxygen atoms in total. The fourth-order valence-electron chi connectivity index (χ4n) is 2.06. The third-order valence-electron chi connectivity index (χ3n) is 3.32. The molecule has 6 heteroatoms. The zero-order chi connectivity index (χ0) is 13.4. The maximum absolute atomic E-state index is 11.3. The summed E-state index contributed by atoms with van der Waals surface area (Å²) in [5, 5.41) is 20.6. The Balaban J connectivity index is 2.42. The van der Waals surface area contributed by atoms with Crippen LogP contribution in [0.3, 0.4) is 0 Å². The van der Waals surface area contributed by atoms with Crippen molar-refractivity contribution in [2.75, 3.05) is 0 Å². The minimum absolute atomic E-state index is 0.160. The van der Waals surface area contributed by atoms with E-state index in [1.54, 1.807) is 19.1 Å². The van der Waals surface area contributed by atoms with Gasteiger partial charge < -0.3 is 9.84 Å². The summed E-state index contributed by atoms with van der Waals surface area (Å²) in [5.41, 5.74) is 2.32. The van der Waals surface area contributed by atoms with Crippen LogP contribution in [0.1, 0.15) is 40.1 Å². The number of esters is 1. The number of nitrogens with zero attached hydrogens (tertiary/aromatic N) is 1. The topological polar surface area (TPSA) is 89.7 Å². The second kappa shape index (κ2) is 4.38. The van der Waals surface area contributed by atoms with Gasteiger partial charge in [-0.1, -0.05) is 6.07 Å². The van der Waals surface area contributed by atoms with Gasteiger partial charge in [-0.05, 0) is 24.1 Å². The van der Waals surface area contributed by atoms with Gasteiger partial charge in [0.05, 0.1) is 5.56 Å². The number of carbonyl (C=O) groups excluding carboxylic acids is 1. The summed E-state index contributed by atoms with van der Waals surface area (Å²) < 4.78 is 4.89. The average Bonchev–Trinajstić information content (AvgIpc) is 2.71. The predicted octanol–water partition coefficient (Wildman–Crippen LogP) is 1.36. The second-order valence-electron chi connectivity index (χ2n) is 4.35. The quantitative estimate of drug-likeness (QED) is 0.497. The first-order chi connectivity index (χ1) is 8.43. The largest absolute Gasteiger partial charge is 0.457 e. The van der Waals surface area contributed by atoms with E-state index in [4.69, 9.17) is 4.74 Å². The molecule has 18 heavy (non-hydrogen) atoms. The van der Waals surface area contributed by atoms with Crippen LogP contribution < -0.4 is 0 Å². The highest BCUT2D eigenvalue weighted by Gasteiger charge is 2.31. The Kier molecular flexibility index (Phi) is 3.04. The smallest absolute Gasteiger partial charge is 0.338 e. The molecule has 1 aliphatic rings. The standard InChI is InChI=1S/C12H13NO5/c1-6-8(11(14)7(2)13(16)17)3-4-9-10(6)5-18-12(9)15/h3-4,7,11,14H,5H2,1-2H3. The Bertz CT molecular complexity index is 525. The van der Waals surface area contributed by atoms with E-state index in [0.29, 0.717) is 22.3 Å². The van der Waals surface area contributed by atoms with Crippen molar-refractivity contribution in [3.05, 3.63) is 44.5 Å². The van der Waals surface area contributed by atoms with Crippen molar-refractivity contribution >= 4 is 5.97 Å². The molecule has 0 fully saturated rings. The van der Waals surface area contributed by atoms with Crippen LogP contribution in [0.2, 0.25) is 0 Å². The highest BCUT2D eigenvalue weighted by molar-refractivity contribution is 5.93. The lowest BCUT2D eigenvalue weighted by Gasteiger charge is -2.16. The maximum Gasteiger partial charge on any atom is 0.338 e. The fraction of sp³-hybridized carbons (Fsp3) is 0.417. The number of aliphatic hydroxyl groups is 1. The van der Waals surface area contributed by atoms with Gasteiger partial charge in [0.25, 0.3) is 0 Å². The summed E-state index contributed by atoms with van der Waals surface area (Å²) in [6, 6.07) is 1.99. The fourth-order valence-corrected chi connectivity index (χ4v) is 2.06. The van der Waals surface area contributed by atoms with Crippen LogP contribution in [0.15, 0.2) is 12.1 Å². The van der Waals surface area contributed by atoms with E-state index >= 15 is 0 Å². The van der Waals surface area contributed by atoms with Crippen LogP contribution in [0, 0.1) is 17.0 Å². The number of nitro groups is 1. The Morgan fingerprint density at radius 3 is 2.78 bits per heavy atom. The number of benzene rings is 1. The summed E-state index contributed by atoms with van der Waals surface area (Å²) in [6.07, 6.45) is -1.19. The minimum atomic E-state index is -1.19. The molecule has 0 saturated heterocycles. The zero-order valence-corrected chi connectivity index (χ0v) is 10.0. The van der Waals surface area contributed by atoms with Crippen molar-refractivity contribution < 1.29 is 19.6 Å². The number of aliphatic hydroxyl groups excluding tert-OH is 1. The van der Waals surface area contributed by atoms with E-state index in [2.05, 4.69) is 0 Å². The Hall–Kier alpha value is -1.95. The number of ether oxygens (including phenoxy) is 1. The van der Waals surface area contributed by atoms with Crippen molar-refractivity contribution in [3.63, 3.8) is 0 Å². The van der Waals surface area contributed by atoms with Crippen LogP contribution in [0.5, 0.6) is 0 Å². The van der Waals surface area contributed by atoms with Crippen molar-refractivity contribution in [2.24, 2.45) is 0 Å². The summed E-state index contributed by atoms with van der Waals surface area (Å²) in [4.78, 5) is 21.5. The summed E-state index contributed by atoms with van der Waals surface area (Å²) in [5.74, 6) is -0.392. The number of hydrogen-bond donors (Lipinski definition) is 1. The first-order valence-electron chi connectivity index (χ1n) is 5.54. The maximum atomic E-state index is 11.3. The lowest BCUT2D eigenvalue weighted by atomic mass is 9.93. The van der Waals surface area contributed by atoms with E-state index in [1.807, 2.05) is 0 Å². The summed E-state index contributed by atoms with van der Waals surface area (Å²) >= 11 is 0. The molecule has 2 unspecified atom stereocenters. The van der Waals surface area contributed by atoms with E-state index in [-0.39, 0.29) is 6.61 Å². The van der Waals surface area contributed by atoms with E-state index in [1.165, 1.54) is 6.92 Å². The Morgan fingerprint density at radius 1 is 1.50 bits per heavy atom. The van der Waals surface area contributed by atoms with Crippen LogP contribution in [-0.2, 0) is 11.3 Å². The van der Waals surface area contributed by atoms with E-state index in [9.17, 15) is 20.0 Å². The molecule has 0 bridgehead atoms. The molecule has 0 aromatic heterocycles. The summed E-state index contributed by atoms with van der Waals surface area (Å²) in [7, 11) is 0. The lowest BCUT2D eigenvalue weighted by Crippen LogP contribution is -2.24. The van der Waals surface area contributed by atoms with Crippen molar-refractivity contribution in [3.8, 4) is 0 Å². The molecule has 0 spiro atoms. The van der Waals surface area contributed by atoms with Gasteiger partial charge >= 0.3 is 5.97 Å². The van der Waals surface area contributed by atoms with Crippen LogP contribution in [0.4, 0.5) is 0 Å². The molecule has 0 aliphatic carbocycles. The van der Waals surface area contributed by atoms with Gasteiger partial charge in [0.2, 0.25) is 6.04 Å². The van der Waals surface area contributed by atoms with Gasteiger partial charge in [0.15, 0.2) is 0 Å². The molecule has 2 atom stereocenters. The first kappa shape index (κ1) is 12.5. The average molecular weight is 251 g/mol. The molecule has 1 heterocycles. The molecular formula is C12H13NO5. The van der Waals surface area contributed by atoms with Gasteiger partial charge in [-0.25, -0.2) is 4.79 Å². The molecule has 1 aliphatic heterocycles. The van der Waals surface area contributed by atoms with Gasteiger partial charge in [-0.3, -0.25) is 10.1 Å². The number of rotatable bonds is 3. The predicted molar refractivity (Wildman–Crippen MR) is 61.7 cm³/mol. The Labute approximate surface area is 103 Å². The number of carbonyl (C=O) groups is 1. The molecule has 96 valence electrons. The van der Waals surface area contributed by atoms with E-state index < -0.39 is 23.0 Å². The van der Waals surface area contributed by atoms with Crippen LogP contribution in [0.25, 0.3) is 0 Å². The zero-order valence-electron chi connectivity index (χ0n) is 10.0. The van der Waals surface area contributed by atoms with Gasteiger partial charge in [0, 0.05) is 17.4 Å². The molecule has 0 amide bonds. The Morgan fingerprint density at radius 2 is 2.17 bits per heavy atom. The van der Waals surface area contributed by atoms with Crippen molar-refractivity contribution in [2.45, 2.75) is 32.6 Å². The molecule has 1 aromatic rings.